The van der Waals surface area contributed by atoms with Gasteiger partial charge in [0.05, 0.1) is 12.2 Å². The van der Waals surface area contributed by atoms with Crippen LogP contribution in [0.2, 0.25) is 0 Å². The molecule has 4 heteroatoms. The first-order valence-corrected chi connectivity index (χ1v) is 6.60. The highest BCUT2D eigenvalue weighted by molar-refractivity contribution is 5.63. The Hall–Kier alpha value is -2.54. The molecule has 1 aromatic carbocycles. The lowest BCUT2D eigenvalue weighted by Crippen LogP contribution is -1.99. The highest BCUT2D eigenvalue weighted by Gasteiger charge is 2.04. The third kappa shape index (κ3) is 3.48. The van der Waals surface area contributed by atoms with Gasteiger partial charge in [-0.15, -0.1) is 0 Å². The third-order valence-corrected chi connectivity index (χ3v) is 2.74. The van der Waals surface area contributed by atoms with Crippen LogP contribution in [0, 0.1) is 18.3 Å². The quantitative estimate of drug-likeness (QED) is 0.895. The molecule has 1 aromatic heterocycles. The number of benzene rings is 1. The number of hydrogen-bond acceptors (Lipinski definition) is 4. The van der Waals surface area contributed by atoms with Crippen molar-refractivity contribution >= 4 is 11.5 Å². The summed E-state index contributed by atoms with van der Waals surface area (Å²) in [6.45, 7) is 4.68. The van der Waals surface area contributed by atoms with Crippen molar-refractivity contribution in [2.24, 2.45) is 0 Å². The van der Waals surface area contributed by atoms with Crippen LogP contribution in [0.1, 0.15) is 24.6 Å². The van der Waals surface area contributed by atoms with Crippen molar-refractivity contribution in [3.8, 4) is 11.8 Å². The van der Waals surface area contributed by atoms with Crippen molar-refractivity contribution in [2.45, 2.75) is 20.3 Å². The lowest BCUT2D eigenvalue weighted by Gasteiger charge is -2.09. The van der Waals surface area contributed by atoms with Crippen molar-refractivity contribution in [2.75, 3.05) is 11.9 Å². The molecule has 0 unspecified atom stereocenters. The number of ether oxygens (including phenoxy) is 1. The van der Waals surface area contributed by atoms with Gasteiger partial charge in [0.15, 0.2) is 0 Å². The van der Waals surface area contributed by atoms with Crippen molar-refractivity contribution in [1.29, 1.82) is 5.26 Å². The number of rotatable bonds is 5. The number of aromatic nitrogens is 1. The molecule has 2 aromatic rings. The Bertz CT molecular complexity index is 615. The van der Waals surface area contributed by atoms with Gasteiger partial charge in [-0.3, -0.25) is 0 Å². The number of pyridine rings is 1. The van der Waals surface area contributed by atoms with Crippen LogP contribution < -0.4 is 10.1 Å². The fourth-order valence-electron chi connectivity index (χ4n) is 1.73. The molecule has 2 rings (SSSR count). The summed E-state index contributed by atoms with van der Waals surface area (Å²) in [5.41, 5.74) is 2.28. The molecule has 0 amide bonds. The first-order chi connectivity index (χ1) is 9.72. The molecule has 0 spiro atoms. The maximum absolute atomic E-state index is 9.08. The first kappa shape index (κ1) is 13.9. The third-order valence-electron chi connectivity index (χ3n) is 2.74. The molecule has 4 nitrogen and oxygen atoms in total. The van der Waals surface area contributed by atoms with E-state index in [0.29, 0.717) is 18.0 Å². The van der Waals surface area contributed by atoms with E-state index >= 15 is 0 Å². The van der Waals surface area contributed by atoms with Gasteiger partial charge in [-0.05, 0) is 49.7 Å². The topological polar surface area (TPSA) is 57.9 Å². The van der Waals surface area contributed by atoms with E-state index in [2.05, 4.69) is 23.3 Å². The summed E-state index contributed by atoms with van der Waals surface area (Å²) in [5.74, 6) is 1.42. The molecule has 0 aliphatic heterocycles. The molecule has 0 fully saturated rings. The van der Waals surface area contributed by atoms with Gasteiger partial charge in [0.25, 0.3) is 0 Å². The van der Waals surface area contributed by atoms with Gasteiger partial charge in [0, 0.05) is 11.4 Å². The number of hydrogen-bond donors (Lipinski definition) is 1. The fraction of sp³-hybridized carbons (Fsp3) is 0.250. The molecule has 0 saturated heterocycles. The number of aryl methyl sites for hydroxylation is 1. The molecule has 102 valence electrons. The maximum Gasteiger partial charge on any atom is 0.148 e. The molecule has 0 saturated carbocycles. The minimum absolute atomic E-state index is 0.530. The second-order valence-corrected chi connectivity index (χ2v) is 4.46. The molecule has 0 atom stereocenters. The van der Waals surface area contributed by atoms with Gasteiger partial charge in [0.1, 0.15) is 17.6 Å². The molecule has 0 bridgehead atoms. The van der Waals surface area contributed by atoms with Gasteiger partial charge >= 0.3 is 0 Å². The molecule has 0 radical (unpaired) electrons. The molecule has 1 heterocycles. The lowest BCUT2D eigenvalue weighted by atomic mass is 10.2. The van der Waals surface area contributed by atoms with Crippen molar-refractivity contribution in [1.82, 2.24) is 4.98 Å². The van der Waals surface area contributed by atoms with Crippen LogP contribution in [0.3, 0.4) is 0 Å². The summed E-state index contributed by atoms with van der Waals surface area (Å²) in [7, 11) is 0. The standard InChI is InChI=1S/C16H17N3O/c1-3-10-20-15-8-6-14(7-9-15)19-16-13(11-17)5-4-12(2)18-16/h4-9H,3,10H2,1-2H3,(H,18,19). The van der Waals surface area contributed by atoms with E-state index < -0.39 is 0 Å². The van der Waals surface area contributed by atoms with Crippen molar-refractivity contribution < 1.29 is 4.74 Å². The van der Waals surface area contributed by atoms with Gasteiger partial charge in [-0.2, -0.15) is 5.26 Å². The Morgan fingerprint density at radius 1 is 1.20 bits per heavy atom. The van der Waals surface area contributed by atoms with E-state index in [0.717, 1.165) is 23.6 Å². The molecule has 1 N–H and O–H groups in total. The van der Waals surface area contributed by atoms with Crippen LogP contribution in [0.25, 0.3) is 0 Å². The first-order valence-electron chi connectivity index (χ1n) is 6.60. The van der Waals surface area contributed by atoms with Crippen LogP contribution in [0.5, 0.6) is 5.75 Å². The lowest BCUT2D eigenvalue weighted by molar-refractivity contribution is 0.317. The monoisotopic (exact) mass is 267 g/mol. The SMILES string of the molecule is CCCOc1ccc(Nc2nc(C)ccc2C#N)cc1. The molecule has 20 heavy (non-hydrogen) atoms. The predicted octanol–water partition coefficient (Wildman–Crippen LogP) is 3.79. The van der Waals surface area contributed by atoms with E-state index in [-0.39, 0.29) is 0 Å². The highest BCUT2D eigenvalue weighted by Crippen LogP contribution is 2.21. The van der Waals surface area contributed by atoms with Crippen LogP contribution in [0.15, 0.2) is 36.4 Å². The minimum Gasteiger partial charge on any atom is -0.494 e. The molecular formula is C16H17N3O. The average molecular weight is 267 g/mol. The zero-order valence-corrected chi connectivity index (χ0v) is 11.7. The average Bonchev–Trinajstić information content (AvgIpc) is 2.47. The van der Waals surface area contributed by atoms with E-state index in [1.165, 1.54) is 0 Å². The second-order valence-electron chi connectivity index (χ2n) is 4.46. The van der Waals surface area contributed by atoms with Gasteiger partial charge in [-0.1, -0.05) is 6.92 Å². The Morgan fingerprint density at radius 3 is 2.60 bits per heavy atom. The molecule has 0 aliphatic carbocycles. The fourth-order valence-corrected chi connectivity index (χ4v) is 1.73. The Morgan fingerprint density at radius 2 is 1.95 bits per heavy atom. The van der Waals surface area contributed by atoms with Crippen LogP contribution in [-0.2, 0) is 0 Å². The summed E-state index contributed by atoms with van der Waals surface area (Å²) in [4.78, 5) is 4.35. The zero-order valence-electron chi connectivity index (χ0n) is 11.7. The zero-order chi connectivity index (χ0) is 14.4. The maximum atomic E-state index is 9.08. The largest absolute Gasteiger partial charge is 0.494 e. The van der Waals surface area contributed by atoms with Gasteiger partial charge in [-0.25, -0.2) is 4.98 Å². The number of nitrogens with zero attached hydrogens (tertiary/aromatic N) is 2. The smallest absolute Gasteiger partial charge is 0.148 e. The van der Waals surface area contributed by atoms with Crippen LogP contribution in [0.4, 0.5) is 11.5 Å². The number of anilines is 2. The van der Waals surface area contributed by atoms with E-state index in [1.807, 2.05) is 37.3 Å². The number of nitrogens with one attached hydrogen (secondary N) is 1. The second kappa shape index (κ2) is 6.58. The Balaban J connectivity index is 2.14. The molecule has 0 aliphatic rings. The summed E-state index contributed by atoms with van der Waals surface area (Å²) in [6, 6.07) is 13.4. The van der Waals surface area contributed by atoms with Crippen molar-refractivity contribution in [3.63, 3.8) is 0 Å². The predicted molar refractivity (Wildman–Crippen MR) is 79.2 cm³/mol. The van der Waals surface area contributed by atoms with E-state index in [9.17, 15) is 0 Å². The summed E-state index contributed by atoms with van der Waals surface area (Å²) >= 11 is 0. The van der Waals surface area contributed by atoms with E-state index in [1.54, 1.807) is 6.07 Å². The summed E-state index contributed by atoms with van der Waals surface area (Å²) < 4.78 is 5.53. The van der Waals surface area contributed by atoms with Crippen molar-refractivity contribution in [3.05, 3.63) is 47.7 Å². The normalized spacial score (nSPS) is 9.85. The van der Waals surface area contributed by atoms with Gasteiger partial charge < -0.3 is 10.1 Å². The highest BCUT2D eigenvalue weighted by atomic mass is 16.5. The number of nitriles is 1. The summed E-state index contributed by atoms with van der Waals surface area (Å²) in [5, 5.41) is 12.2. The molecular weight excluding hydrogens is 250 g/mol. The Labute approximate surface area is 119 Å². The van der Waals surface area contributed by atoms with Crippen LogP contribution in [-0.4, -0.2) is 11.6 Å². The minimum atomic E-state index is 0.530. The van der Waals surface area contributed by atoms with Gasteiger partial charge in [0.2, 0.25) is 0 Å². The van der Waals surface area contributed by atoms with Crippen LogP contribution >= 0.6 is 0 Å². The Kier molecular flexibility index (Phi) is 4.56. The van der Waals surface area contributed by atoms with E-state index in [4.69, 9.17) is 10.00 Å². The summed E-state index contributed by atoms with van der Waals surface area (Å²) in [6.07, 6.45) is 0.985.